The number of methoxy groups -OCH3 is 1. The molecule has 0 radical (unpaired) electrons. The topological polar surface area (TPSA) is 313 Å². The molecule has 7 atom stereocenters. The molecule has 0 saturated carbocycles. The Morgan fingerprint density at radius 1 is 0.771 bits per heavy atom. The summed E-state index contributed by atoms with van der Waals surface area (Å²) in [4.78, 5) is 97.3. The Hall–Kier alpha value is -4.04. The molecular weight excluding hydrogens is 640 g/mol. The first kappa shape index (κ1) is 44.0. The molecule has 0 rings (SSSR count). The van der Waals surface area contributed by atoms with Crippen molar-refractivity contribution in [1.82, 2.24) is 26.6 Å². The van der Waals surface area contributed by atoms with Crippen molar-refractivity contribution in [3.05, 3.63) is 0 Å². The van der Waals surface area contributed by atoms with Crippen molar-refractivity contribution in [2.75, 3.05) is 20.2 Å². The van der Waals surface area contributed by atoms with E-state index in [2.05, 4.69) is 26.6 Å². The number of aliphatic hydroxyl groups excluding tert-OH is 4. The highest BCUT2D eigenvalue weighted by atomic mass is 16.5. The zero-order valence-electron chi connectivity index (χ0n) is 27.8. The number of aldehydes is 1. The summed E-state index contributed by atoms with van der Waals surface area (Å²) >= 11 is 0. The molecule has 19 nitrogen and oxygen atoms in total. The van der Waals surface area contributed by atoms with Crippen LogP contribution >= 0.6 is 0 Å². The predicted molar refractivity (Wildman–Crippen MR) is 166 cm³/mol. The highest BCUT2D eigenvalue weighted by Gasteiger charge is 2.38. The number of primary amides is 1. The number of aliphatic hydroxyl groups is 4. The quantitative estimate of drug-likeness (QED) is 0.0258. The SMILES string of the molecule is COC(=O)C(CCCCNC(=O)C(O)C(O)C(O)C(O)C(=O)C(C)C)NC(=O)C(CC(N)=O)NC(=O)[C@H](CC=O)NC(=O)CNC(C)C. The summed E-state index contributed by atoms with van der Waals surface area (Å²) in [5.74, 6) is -7.05. The molecule has 0 aliphatic rings. The predicted octanol–water partition coefficient (Wildman–Crippen LogP) is -4.97. The van der Waals surface area contributed by atoms with E-state index < -0.39 is 103 Å². The Morgan fingerprint density at radius 2 is 1.33 bits per heavy atom. The fourth-order valence-corrected chi connectivity index (χ4v) is 4.04. The van der Waals surface area contributed by atoms with Crippen molar-refractivity contribution in [3.8, 4) is 0 Å². The number of hydrogen-bond donors (Lipinski definition) is 10. The number of carbonyl (C=O) groups excluding carboxylic acids is 8. The van der Waals surface area contributed by atoms with E-state index in [9.17, 15) is 58.8 Å². The van der Waals surface area contributed by atoms with Crippen LogP contribution in [0.1, 0.15) is 59.8 Å². The van der Waals surface area contributed by atoms with Crippen LogP contribution in [0.3, 0.4) is 0 Å². The van der Waals surface area contributed by atoms with E-state index in [1.807, 2.05) is 0 Å². The summed E-state index contributed by atoms with van der Waals surface area (Å²) in [5, 5.41) is 52.0. The van der Waals surface area contributed by atoms with Gasteiger partial charge in [-0.3, -0.25) is 28.8 Å². The van der Waals surface area contributed by atoms with Gasteiger partial charge in [0.2, 0.25) is 23.6 Å². The molecule has 274 valence electrons. The summed E-state index contributed by atoms with van der Waals surface area (Å²) in [7, 11) is 1.05. The van der Waals surface area contributed by atoms with Gasteiger partial charge in [0.05, 0.1) is 20.1 Å². The minimum atomic E-state index is -2.19. The van der Waals surface area contributed by atoms with Crippen LogP contribution in [-0.4, -0.2) is 137 Å². The molecule has 6 unspecified atom stereocenters. The summed E-state index contributed by atoms with van der Waals surface area (Å²) < 4.78 is 4.71. The first-order valence-corrected chi connectivity index (χ1v) is 15.3. The number of ketones is 1. The molecular formula is C29H50N6O13. The van der Waals surface area contributed by atoms with E-state index >= 15 is 0 Å². The smallest absolute Gasteiger partial charge is 0.328 e. The Morgan fingerprint density at radius 3 is 1.85 bits per heavy atom. The lowest BCUT2D eigenvalue weighted by Gasteiger charge is -2.26. The third kappa shape index (κ3) is 16.2. The number of nitrogens with one attached hydrogen (secondary N) is 5. The van der Waals surface area contributed by atoms with Gasteiger partial charge in [0.15, 0.2) is 11.9 Å². The van der Waals surface area contributed by atoms with Crippen LogP contribution in [0.4, 0.5) is 0 Å². The van der Waals surface area contributed by atoms with Gasteiger partial charge in [-0.05, 0) is 19.3 Å². The molecule has 11 N–H and O–H groups in total. The monoisotopic (exact) mass is 690 g/mol. The maximum atomic E-state index is 13.0. The Bertz CT molecular complexity index is 1120. The minimum absolute atomic E-state index is 0.0460. The molecule has 0 aromatic rings. The normalized spacial score (nSPS) is 15.6. The van der Waals surface area contributed by atoms with Gasteiger partial charge < -0.3 is 62.3 Å². The zero-order valence-corrected chi connectivity index (χ0v) is 27.8. The summed E-state index contributed by atoms with van der Waals surface area (Å²) in [6.45, 7) is 6.21. The Kier molecular flexibility index (Phi) is 20.6. The van der Waals surface area contributed by atoms with Crippen LogP contribution in [0.25, 0.3) is 0 Å². The number of rotatable bonds is 24. The van der Waals surface area contributed by atoms with Crippen molar-refractivity contribution in [3.63, 3.8) is 0 Å². The first-order chi connectivity index (χ1) is 22.4. The highest BCUT2D eigenvalue weighted by Crippen LogP contribution is 2.11. The van der Waals surface area contributed by atoms with Gasteiger partial charge in [0, 0.05) is 24.9 Å². The van der Waals surface area contributed by atoms with Crippen LogP contribution in [0, 0.1) is 5.92 Å². The number of Topliss-reactive ketones (excluding diaryl/α,β-unsaturated/α-hetero) is 1. The third-order valence-corrected chi connectivity index (χ3v) is 6.84. The van der Waals surface area contributed by atoms with Gasteiger partial charge in [-0.2, -0.15) is 0 Å². The van der Waals surface area contributed by atoms with Crippen LogP contribution in [0.15, 0.2) is 0 Å². The van der Waals surface area contributed by atoms with Gasteiger partial charge in [0.25, 0.3) is 5.91 Å². The summed E-state index contributed by atoms with van der Waals surface area (Å²) in [5.41, 5.74) is 5.24. The molecule has 0 heterocycles. The van der Waals surface area contributed by atoms with E-state index in [1.54, 1.807) is 13.8 Å². The fourth-order valence-electron chi connectivity index (χ4n) is 4.04. The molecule has 0 spiro atoms. The number of hydrogen-bond acceptors (Lipinski definition) is 14. The number of ether oxygens (including phenoxy) is 1. The molecule has 19 heteroatoms. The molecule has 0 aromatic heterocycles. The number of amides is 5. The number of carbonyl (C=O) groups is 8. The average Bonchev–Trinajstić information content (AvgIpc) is 3.03. The van der Waals surface area contributed by atoms with Crippen molar-refractivity contribution < 1.29 is 63.5 Å². The van der Waals surface area contributed by atoms with Crippen LogP contribution in [-0.2, 0) is 43.1 Å². The van der Waals surface area contributed by atoms with E-state index in [1.165, 1.54) is 13.8 Å². The van der Waals surface area contributed by atoms with Gasteiger partial charge in [0.1, 0.15) is 42.7 Å². The van der Waals surface area contributed by atoms with Crippen molar-refractivity contribution in [1.29, 1.82) is 0 Å². The standard InChI is InChI=1S/C29H50N6O13/c1-14(2)21(39)22(40)23(41)24(42)25(43)28(46)31-10-7-6-8-17(29(47)48-5)34-27(45)18(12-19(30)37)35-26(44)16(9-11-36)33-20(38)13-32-15(3)4/h11,14-18,22-25,32,40-43H,6-10,12-13H2,1-5H3,(H2,30,37)(H,31,46)(H,33,38)(H,34,45)(H,35,44)/t16-,17?,18?,22?,23?,24?,25?/m0/s1. The molecule has 0 aromatic carbocycles. The van der Waals surface area contributed by atoms with Crippen LogP contribution < -0.4 is 32.3 Å². The minimum Gasteiger partial charge on any atom is -0.467 e. The number of esters is 1. The second-order valence-corrected chi connectivity index (χ2v) is 11.6. The second kappa shape index (κ2) is 22.5. The molecule has 5 amide bonds. The maximum absolute atomic E-state index is 13.0. The lowest BCUT2D eigenvalue weighted by Crippen LogP contribution is -2.57. The second-order valence-electron chi connectivity index (χ2n) is 11.6. The van der Waals surface area contributed by atoms with Crippen molar-refractivity contribution in [2.45, 2.75) is 108 Å². The maximum Gasteiger partial charge on any atom is 0.328 e. The third-order valence-electron chi connectivity index (χ3n) is 6.84. The number of nitrogens with two attached hydrogens (primary N) is 1. The summed E-state index contributed by atoms with van der Waals surface area (Å²) in [6, 6.07) is -4.32. The molecule has 0 saturated heterocycles. The largest absolute Gasteiger partial charge is 0.467 e. The number of unbranched alkanes of at least 4 members (excludes halogenated alkanes) is 1. The lowest BCUT2D eigenvalue weighted by molar-refractivity contribution is -0.155. The van der Waals surface area contributed by atoms with Gasteiger partial charge >= 0.3 is 5.97 Å². The van der Waals surface area contributed by atoms with Crippen LogP contribution in [0.2, 0.25) is 0 Å². The Balaban J connectivity index is 5.27. The molecule has 0 aliphatic heterocycles. The summed E-state index contributed by atoms with van der Waals surface area (Å²) in [6.07, 6.45) is -9.02. The lowest BCUT2D eigenvalue weighted by atomic mass is 9.94. The molecule has 0 fully saturated rings. The molecule has 0 bridgehead atoms. The Labute approximate surface area is 278 Å². The zero-order chi connectivity index (χ0) is 37.1. The van der Waals surface area contributed by atoms with Gasteiger partial charge in [-0.1, -0.05) is 27.7 Å². The average molecular weight is 691 g/mol. The fraction of sp³-hybridized carbons (Fsp3) is 0.724. The van der Waals surface area contributed by atoms with Crippen molar-refractivity contribution >= 4 is 47.6 Å². The van der Waals surface area contributed by atoms with Gasteiger partial charge in [-0.25, -0.2) is 4.79 Å². The van der Waals surface area contributed by atoms with E-state index in [4.69, 9.17) is 10.5 Å². The van der Waals surface area contributed by atoms with E-state index in [0.717, 1.165) is 7.11 Å². The van der Waals surface area contributed by atoms with Crippen LogP contribution in [0.5, 0.6) is 0 Å². The van der Waals surface area contributed by atoms with E-state index in [0.29, 0.717) is 6.29 Å². The van der Waals surface area contributed by atoms with E-state index in [-0.39, 0.29) is 38.4 Å². The van der Waals surface area contributed by atoms with Gasteiger partial charge in [-0.15, -0.1) is 0 Å². The van der Waals surface area contributed by atoms with Crippen molar-refractivity contribution in [2.24, 2.45) is 11.7 Å². The molecule has 0 aliphatic carbocycles. The first-order valence-electron chi connectivity index (χ1n) is 15.3. The molecule has 48 heavy (non-hydrogen) atoms. The highest BCUT2D eigenvalue weighted by molar-refractivity contribution is 5.96.